The molecule has 0 aliphatic rings. The largest absolute Gasteiger partial charge is 0.478 e. The van der Waals surface area contributed by atoms with E-state index in [1.807, 2.05) is 0 Å². The van der Waals surface area contributed by atoms with Crippen molar-refractivity contribution in [3.63, 3.8) is 0 Å². The van der Waals surface area contributed by atoms with Crippen molar-refractivity contribution in [1.29, 1.82) is 0 Å². The fraction of sp³-hybridized carbons (Fsp3) is 0. The van der Waals surface area contributed by atoms with Gasteiger partial charge in [-0.25, -0.2) is 4.79 Å². The third kappa shape index (κ3) is 3.46. The van der Waals surface area contributed by atoms with Crippen LogP contribution in [0.2, 0.25) is 0 Å². The van der Waals surface area contributed by atoms with Crippen molar-refractivity contribution in [3.8, 4) is 0 Å². The SMILES string of the molecule is C=Cc1ccc(C(=Cc2ccc([N+](=O)[O-])cc2)C(=O)O)cc1. The van der Waals surface area contributed by atoms with E-state index < -0.39 is 10.9 Å². The Morgan fingerprint density at radius 2 is 1.59 bits per heavy atom. The highest BCUT2D eigenvalue weighted by Crippen LogP contribution is 2.21. The van der Waals surface area contributed by atoms with Crippen LogP contribution in [0, 0.1) is 10.1 Å². The van der Waals surface area contributed by atoms with Gasteiger partial charge in [0.15, 0.2) is 0 Å². The van der Waals surface area contributed by atoms with Crippen molar-refractivity contribution in [2.45, 2.75) is 0 Å². The Balaban J connectivity index is 2.39. The number of hydrogen-bond donors (Lipinski definition) is 1. The van der Waals surface area contributed by atoms with Crippen molar-refractivity contribution in [2.24, 2.45) is 0 Å². The Bertz CT molecular complexity index is 743. The van der Waals surface area contributed by atoms with Crippen molar-refractivity contribution in [2.75, 3.05) is 0 Å². The van der Waals surface area contributed by atoms with Gasteiger partial charge >= 0.3 is 5.97 Å². The Morgan fingerprint density at radius 1 is 1.05 bits per heavy atom. The number of nitrogens with zero attached hydrogens (tertiary/aromatic N) is 1. The number of non-ortho nitro benzene ring substituents is 1. The van der Waals surface area contributed by atoms with Crippen LogP contribution in [0.4, 0.5) is 5.69 Å². The van der Waals surface area contributed by atoms with E-state index in [0.717, 1.165) is 5.56 Å². The standard InChI is InChI=1S/C17H13NO4/c1-2-12-3-7-14(8-4-12)16(17(19)20)11-13-5-9-15(10-6-13)18(21)22/h2-11H,1H2,(H,19,20). The van der Waals surface area contributed by atoms with Gasteiger partial charge in [0, 0.05) is 12.1 Å². The molecule has 0 aromatic heterocycles. The zero-order valence-corrected chi connectivity index (χ0v) is 11.6. The summed E-state index contributed by atoms with van der Waals surface area (Å²) >= 11 is 0. The molecule has 2 aromatic rings. The quantitative estimate of drug-likeness (QED) is 0.393. The zero-order chi connectivity index (χ0) is 16.1. The van der Waals surface area contributed by atoms with Crippen LogP contribution in [0.1, 0.15) is 16.7 Å². The van der Waals surface area contributed by atoms with E-state index in [1.165, 1.54) is 30.3 Å². The van der Waals surface area contributed by atoms with Gasteiger partial charge in [0.05, 0.1) is 10.5 Å². The van der Waals surface area contributed by atoms with E-state index in [4.69, 9.17) is 0 Å². The maximum atomic E-state index is 11.4. The number of benzene rings is 2. The van der Waals surface area contributed by atoms with Gasteiger partial charge in [0.2, 0.25) is 0 Å². The first-order valence-corrected chi connectivity index (χ1v) is 6.43. The van der Waals surface area contributed by atoms with Gasteiger partial charge in [-0.2, -0.15) is 0 Å². The van der Waals surface area contributed by atoms with Gasteiger partial charge in [-0.15, -0.1) is 0 Å². The molecular formula is C17H13NO4. The maximum Gasteiger partial charge on any atom is 0.336 e. The highest BCUT2D eigenvalue weighted by atomic mass is 16.6. The molecule has 0 bridgehead atoms. The predicted molar refractivity (Wildman–Crippen MR) is 85.1 cm³/mol. The van der Waals surface area contributed by atoms with E-state index in [0.29, 0.717) is 11.1 Å². The highest BCUT2D eigenvalue weighted by Gasteiger charge is 2.11. The van der Waals surface area contributed by atoms with E-state index in [-0.39, 0.29) is 11.3 Å². The second-order valence-corrected chi connectivity index (χ2v) is 4.54. The molecule has 0 spiro atoms. The molecule has 0 amide bonds. The summed E-state index contributed by atoms with van der Waals surface area (Å²) in [5.41, 5.74) is 2.10. The minimum absolute atomic E-state index is 0.0376. The average molecular weight is 295 g/mol. The number of carbonyl (C=O) groups is 1. The zero-order valence-electron chi connectivity index (χ0n) is 11.6. The minimum atomic E-state index is -1.07. The molecule has 0 aliphatic carbocycles. The molecule has 0 radical (unpaired) electrons. The summed E-state index contributed by atoms with van der Waals surface area (Å²) in [6.45, 7) is 3.64. The van der Waals surface area contributed by atoms with Gasteiger partial charge in [-0.1, -0.05) is 36.9 Å². The predicted octanol–water partition coefficient (Wildman–Crippen LogP) is 3.86. The molecule has 2 rings (SSSR count). The van der Waals surface area contributed by atoms with Gasteiger partial charge < -0.3 is 5.11 Å². The van der Waals surface area contributed by atoms with Crippen LogP contribution < -0.4 is 0 Å². The molecule has 0 saturated heterocycles. The van der Waals surface area contributed by atoms with Crippen LogP contribution in [-0.4, -0.2) is 16.0 Å². The van der Waals surface area contributed by atoms with Crippen molar-refractivity contribution in [1.82, 2.24) is 0 Å². The summed E-state index contributed by atoms with van der Waals surface area (Å²) in [6, 6.07) is 12.6. The number of nitro groups is 1. The minimum Gasteiger partial charge on any atom is -0.478 e. The number of carboxylic acids is 1. The molecule has 0 atom stereocenters. The lowest BCUT2D eigenvalue weighted by Gasteiger charge is -2.04. The summed E-state index contributed by atoms with van der Waals surface area (Å²) in [6.07, 6.45) is 3.15. The van der Waals surface area contributed by atoms with Crippen molar-refractivity contribution < 1.29 is 14.8 Å². The van der Waals surface area contributed by atoms with E-state index in [2.05, 4.69) is 6.58 Å². The number of carboxylic acid groups (broad SMARTS) is 1. The molecule has 2 aromatic carbocycles. The number of nitro benzene ring substituents is 1. The molecular weight excluding hydrogens is 282 g/mol. The lowest BCUT2D eigenvalue weighted by Crippen LogP contribution is -1.99. The maximum absolute atomic E-state index is 11.4. The summed E-state index contributed by atoms with van der Waals surface area (Å²) in [5, 5.41) is 20.0. The second kappa shape index (κ2) is 6.49. The van der Waals surface area contributed by atoms with Crippen LogP contribution in [0.25, 0.3) is 17.7 Å². The molecule has 0 aliphatic heterocycles. The fourth-order valence-corrected chi connectivity index (χ4v) is 1.93. The van der Waals surface area contributed by atoms with Crippen LogP contribution in [0.5, 0.6) is 0 Å². The Kier molecular flexibility index (Phi) is 4.48. The number of aliphatic carboxylic acids is 1. The smallest absolute Gasteiger partial charge is 0.336 e. The normalized spacial score (nSPS) is 11.0. The highest BCUT2D eigenvalue weighted by molar-refractivity contribution is 6.20. The Morgan fingerprint density at radius 3 is 2.05 bits per heavy atom. The Hall–Kier alpha value is -3.21. The number of rotatable bonds is 5. The number of hydrogen-bond acceptors (Lipinski definition) is 3. The first kappa shape index (κ1) is 15.2. The van der Waals surface area contributed by atoms with Gasteiger partial charge in [-0.3, -0.25) is 10.1 Å². The molecule has 110 valence electrons. The molecule has 5 nitrogen and oxygen atoms in total. The molecule has 0 heterocycles. The molecule has 5 heteroatoms. The summed E-state index contributed by atoms with van der Waals surface area (Å²) < 4.78 is 0. The van der Waals surface area contributed by atoms with Crippen LogP contribution in [0.15, 0.2) is 55.1 Å². The van der Waals surface area contributed by atoms with Crippen molar-refractivity contribution >= 4 is 29.4 Å². The van der Waals surface area contributed by atoms with E-state index in [9.17, 15) is 20.0 Å². The third-order valence-electron chi connectivity index (χ3n) is 3.10. The average Bonchev–Trinajstić information content (AvgIpc) is 2.53. The second-order valence-electron chi connectivity index (χ2n) is 4.54. The molecule has 0 unspecified atom stereocenters. The molecule has 0 fully saturated rings. The molecule has 22 heavy (non-hydrogen) atoms. The molecule has 0 saturated carbocycles. The monoisotopic (exact) mass is 295 g/mol. The first-order valence-electron chi connectivity index (χ1n) is 6.43. The lowest BCUT2D eigenvalue weighted by atomic mass is 10.0. The third-order valence-corrected chi connectivity index (χ3v) is 3.10. The van der Waals surface area contributed by atoms with E-state index >= 15 is 0 Å². The van der Waals surface area contributed by atoms with Crippen LogP contribution in [0.3, 0.4) is 0 Å². The molecule has 1 N–H and O–H groups in total. The van der Waals surface area contributed by atoms with Crippen LogP contribution in [-0.2, 0) is 4.79 Å². The van der Waals surface area contributed by atoms with Crippen molar-refractivity contribution in [3.05, 3.63) is 81.9 Å². The summed E-state index contributed by atoms with van der Waals surface area (Å²) in [4.78, 5) is 21.5. The lowest BCUT2D eigenvalue weighted by molar-refractivity contribution is -0.384. The first-order chi connectivity index (χ1) is 10.5. The van der Waals surface area contributed by atoms with E-state index in [1.54, 1.807) is 30.3 Å². The van der Waals surface area contributed by atoms with Gasteiger partial charge in [-0.05, 0) is 34.9 Å². The Labute approximate surface area is 127 Å². The summed E-state index contributed by atoms with van der Waals surface area (Å²) in [7, 11) is 0. The topological polar surface area (TPSA) is 80.4 Å². The fourth-order valence-electron chi connectivity index (χ4n) is 1.93. The van der Waals surface area contributed by atoms with Gasteiger partial charge in [0.25, 0.3) is 5.69 Å². The van der Waals surface area contributed by atoms with Gasteiger partial charge in [0.1, 0.15) is 0 Å². The van der Waals surface area contributed by atoms with Crippen LogP contribution >= 0.6 is 0 Å². The summed E-state index contributed by atoms with van der Waals surface area (Å²) in [5.74, 6) is -1.07.